The second-order valence-electron chi connectivity index (χ2n) is 9.93. The number of amides is 1. The van der Waals surface area contributed by atoms with Gasteiger partial charge in [0.05, 0.1) is 18.0 Å². The second kappa shape index (κ2) is 10.1. The normalized spacial score (nSPS) is 25.8. The van der Waals surface area contributed by atoms with Crippen molar-refractivity contribution in [2.75, 3.05) is 13.7 Å². The van der Waals surface area contributed by atoms with Crippen molar-refractivity contribution < 1.29 is 17.9 Å². The van der Waals surface area contributed by atoms with Gasteiger partial charge in [-0.2, -0.15) is 0 Å². The third kappa shape index (κ3) is 5.28. The molecule has 2 unspecified atom stereocenters. The van der Waals surface area contributed by atoms with Crippen molar-refractivity contribution in [3.63, 3.8) is 0 Å². The molecule has 0 saturated heterocycles. The number of nitrogens with zero attached hydrogens (tertiary/aromatic N) is 1. The van der Waals surface area contributed by atoms with Gasteiger partial charge in [0, 0.05) is 24.8 Å². The first-order chi connectivity index (χ1) is 16.9. The molecule has 35 heavy (non-hydrogen) atoms. The van der Waals surface area contributed by atoms with Gasteiger partial charge in [-0.05, 0) is 79.8 Å². The fraction of sp³-hybridized carbons (Fsp3) is 0.481. The molecular formula is C27H33N3O4S. The number of carbonyl (C=O) groups is 1. The zero-order chi connectivity index (χ0) is 24.4. The average Bonchev–Trinajstić information content (AvgIpc) is 3.31. The first kappa shape index (κ1) is 24.0. The van der Waals surface area contributed by atoms with Crippen LogP contribution in [0.25, 0.3) is 0 Å². The number of carbonyl (C=O) groups excluding carboxylic acids is 1. The van der Waals surface area contributed by atoms with Gasteiger partial charge in [-0.1, -0.05) is 24.3 Å². The van der Waals surface area contributed by atoms with E-state index < -0.39 is 10.0 Å². The maximum Gasteiger partial charge on any atom is 0.240 e. The predicted molar refractivity (Wildman–Crippen MR) is 135 cm³/mol. The summed E-state index contributed by atoms with van der Waals surface area (Å²) in [6, 6.07) is 15.0. The molecule has 1 aliphatic heterocycles. The van der Waals surface area contributed by atoms with E-state index in [0.29, 0.717) is 12.5 Å². The van der Waals surface area contributed by atoms with Gasteiger partial charge in [0.2, 0.25) is 15.9 Å². The van der Waals surface area contributed by atoms with Crippen LogP contribution >= 0.6 is 0 Å². The van der Waals surface area contributed by atoms with Crippen molar-refractivity contribution in [2.45, 2.75) is 61.8 Å². The lowest BCUT2D eigenvalue weighted by Gasteiger charge is -2.28. The number of amidine groups is 1. The number of aryl methyl sites for hydroxylation is 1. The van der Waals surface area contributed by atoms with Crippen LogP contribution in [-0.2, 0) is 21.2 Å². The maximum absolute atomic E-state index is 13.0. The molecule has 2 aromatic carbocycles. The van der Waals surface area contributed by atoms with Crippen molar-refractivity contribution in [3.8, 4) is 5.75 Å². The lowest BCUT2D eigenvalue weighted by molar-refractivity contribution is -0.124. The first-order valence-corrected chi connectivity index (χ1v) is 14.0. The Morgan fingerprint density at radius 1 is 1.06 bits per heavy atom. The molecule has 1 saturated carbocycles. The summed E-state index contributed by atoms with van der Waals surface area (Å²) in [6.07, 6.45) is 5.96. The molecule has 5 rings (SSSR count). The van der Waals surface area contributed by atoms with Crippen LogP contribution in [0.4, 0.5) is 0 Å². The number of hydrogen-bond donors (Lipinski definition) is 2. The SMILES string of the molecule is COc1ccc2c(c1)CCC1N=C(NC(=O)C3CCC(CNS(=O)(=O)c4ccccc4)CC3)CC21. The van der Waals surface area contributed by atoms with Crippen molar-refractivity contribution in [1.82, 2.24) is 10.0 Å². The molecule has 1 heterocycles. The number of rotatable bonds is 6. The summed E-state index contributed by atoms with van der Waals surface area (Å²) in [5.41, 5.74) is 2.66. The molecule has 3 aliphatic rings. The third-order valence-electron chi connectivity index (χ3n) is 7.76. The zero-order valence-corrected chi connectivity index (χ0v) is 20.9. The summed E-state index contributed by atoms with van der Waals surface area (Å²) in [7, 11) is -1.80. The van der Waals surface area contributed by atoms with Crippen LogP contribution in [0.5, 0.6) is 5.75 Å². The fourth-order valence-corrected chi connectivity index (χ4v) is 6.86. The van der Waals surface area contributed by atoms with Crippen molar-refractivity contribution in [2.24, 2.45) is 16.8 Å². The molecule has 0 bridgehead atoms. The van der Waals surface area contributed by atoms with E-state index in [2.05, 4.69) is 22.2 Å². The van der Waals surface area contributed by atoms with Crippen LogP contribution < -0.4 is 14.8 Å². The Balaban J connectivity index is 1.11. The molecule has 2 aliphatic carbocycles. The lowest BCUT2D eigenvalue weighted by Crippen LogP contribution is -2.38. The van der Waals surface area contributed by atoms with Crippen LogP contribution in [-0.4, -0.2) is 39.9 Å². The molecule has 2 atom stereocenters. The van der Waals surface area contributed by atoms with Crippen LogP contribution in [0, 0.1) is 11.8 Å². The van der Waals surface area contributed by atoms with E-state index in [1.54, 1.807) is 37.4 Å². The molecule has 2 aromatic rings. The second-order valence-corrected chi connectivity index (χ2v) is 11.7. The van der Waals surface area contributed by atoms with Crippen molar-refractivity contribution in [1.29, 1.82) is 0 Å². The molecule has 1 fully saturated rings. The van der Waals surface area contributed by atoms with E-state index in [4.69, 9.17) is 9.73 Å². The fourth-order valence-electron chi connectivity index (χ4n) is 5.73. The number of hydrogen-bond acceptors (Lipinski definition) is 5. The molecule has 2 N–H and O–H groups in total. The van der Waals surface area contributed by atoms with Gasteiger partial charge in [-0.3, -0.25) is 9.79 Å². The number of benzene rings is 2. The number of ether oxygens (including phenoxy) is 1. The largest absolute Gasteiger partial charge is 0.497 e. The minimum atomic E-state index is -3.49. The minimum Gasteiger partial charge on any atom is -0.497 e. The first-order valence-electron chi connectivity index (χ1n) is 12.5. The van der Waals surface area contributed by atoms with Crippen LogP contribution in [0.15, 0.2) is 58.4 Å². The summed E-state index contributed by atoms with van der Waals surface area (Å²) in [4.78, 5) is 18.1. The lowest BCUT2D eigenvalue weighted by atomic mass is 9.79. The molecule has 186 valence electrons. The highest BCUT2D eigenvalue weighted by Crippen LogP contribution is 2.41. The predicted octanol–water partition coefficient (Wildman–Crippen LogP) is 3.80. The Morgan fingerprint density at radius 2 is 1.83 bits per heavy atom. The maximum atomic E-state index is 13.0. The molecule has 8 heteroatoms. The van der Waals surface area contributed by atoms with Gasteiger partial charge in [0.15, 0.2) is 0 Å². The Labute approximate surface area is 207 Å². The third-order valence-corrected chi connectivity index (χ3v) is 9.20. The van der Waals surface area contributed by atoms with Crippen molar-refractivity contribution >= 4 is 21.8 Å². The Kier molecular flexibility index (Phi) is 6.93. The molecule has 0 aromatic heterocycles. The number of aliphatic imine (C=N–C) groups is 1. The molecular weight excluding hydrogens is 462 g/mol. The summed E-state index contributed by atoms with van der Waals surface area (Å²) in [6.45, 7) is 0.409. The van der Waals surface area contributed by atoms with Crippen LogP contribution in [0.3, 0.4) is 0 Å². The number of nitrogens with one attached hydrogen (secondary N) is 2. The smallest absolute Gasteiger partial charge is 0.240 e. The van der Waals surface area contributed by atoms with Gasteiger partial charge in [-0.15, -0.1) is 0 Å². The Hall–Kier alpha value is -2.71. The zero-order valence-electron chi connectivity index (χ0n) is 20.1. The Bertz CT molecular complexity index is 1200. The van der Waals surface area contributed by atoms with Gasteiger partial charge in [0.25, 0.3) is 0 Å². The number of sulfonamides is 1. The number of methoxy groups -OCH3 is 1. The molecule has 0 spiro atoms. The van der Waals surface area contributed by atoms with E-state index >= 15 is 0 Å². The Morgan fingerprint density at radius 3 is 2.57 bits per heavy atom. The quantitative estimate of drug-likeness (QED) is 0.637. The minimum absolute atomic E-state index is 0.0427. The monoisotopic (exact) mass is 495 g/mol. The summed E-state index contributed by atoms with van der Waals surface area (Å²) < 4.78 is 33.0. The highest BCUT2D eigenvalue weighted by molar-refractivity contribution is 7.89. The van der Waals surface area contributed by atoms with Gasteiger partial charge >= 0.3 is 0 Å². The highest BCUT2D eigenvalue weighted by Gasteiger charge is 2.36. The van der Waals surface area contributed by atoms with E-state index in [1.165, 1.54) is 11.1 Å². The standard InChI is InChI=1S/C27H33N3O4S/c1-34-21-12-13-23-20(15-21)11-14-25-24(23)16-26(29-25)30-27(31)19-9-7-18(8-10-19)17-28-35(32,33)22-5-3-2-4-6-22/h2-6,12-13,15,18-19,24-25,28H,7-11,14,16-17H2,1H3,(H,29,30,31). The summed E-state index contributed by atoms with van der Waals surface area (Å²) in [5.74, 6) is 2.29. The topological polar surface area (TPSA) is 96.9 Å². The molecule has 0 radical (unpaired) electrons. The average molecular weight is 496 g/mol. The van der Waals surface area contributed by atoms with Crippen LogP contribution in [0.1, 0.15) is 55.6 Å². The van der Waals surface area contributed by atoms with Crippen LogP contribution in [0.2, 0.25) is 0 Å². The van der Waals surface area contributed by atoms with E-state index in [9.17, 15) is 13.2 Å². The van der Waals surface area contributed by atoms with Gasteiger partial charge in [0.1, 0.15) is 11.6 Å². The van der Waals surface area contributed by atoms with Crippen molar-refractivity contribution in [3.05, 3.63) is 59.7 Å². The van der Waals surface area contributed by atoms with Gasteiger partial charge in [-0.25, -0.2) is 13.1 Å². The van der Waals surface area contributed by atoms with Gasteiger partial charge < -0.3 is 10.1 Å². The van der Waals surface area contributed by atoms with E-state index in [0.717, 1.165) is 56.5 Å². The van der Waals surface area contributed by atoms with E-state index in [-0.39, 0.29) is 28.7 Å². The molecule has 7 nitrogen and oxygen atoms in total. The number of fused-ring (bicyclic) bond motifs is 3. The molecule has 1 amide bonds. The highest BCUT2D eigenvalue weighted by atomic mass is 32.2. The summed E-state index contributed by atoms with van der Waals surface area (Å²) >= 11 is 0. The van der Waals surface area contributed by atoms with E-state index in [1.807, 2.05) is 6.07 Å². The summed E-state index contributed by atoms with van der Waals surface area (Å²) in [5, 5.41) is 3.13.